The maximum atomic E-state index is 12.5. The first-order chi connectivity index (χ1) is 10.3. The summed E-state index contributed by atoms with van der Waals surface area (Å²) in [6.07, 6.45) is 0.877. The van der Waals surface area contributed by atoms with Crippen molar-refractivity contribution in [2.24, 2.45) is 0 Å². The van der Waals surface area contributed by atoms with Gasteiger partial charge in [-0.3, -0.25) is 4.79 Å². The minimum atomic E-state index is 0.000373. The monoisotopic (exact) mass is 280 g/mol. The molecule has 108 valence electrons. The van der Waals surface area contributed by atoms with Gasteiger partial charge in [0.05, 0.1) is 6.04 Å². The molecule has 2 N–H and O–H groups in total. The van der Waals surface area contributed by atoms with Gasteiger partial charge in [-0.1, -0.05) is 43.3 Å². The molecule has 0 aliphatic carbocycles. The van der Waals surface area contributed by atoms with E-state index < -0.39 is 0 Å². The second-order valence-electron chi connectivity index (χ2n) is 5.43. The molecule has 0 saturated carbocycles. The van der Waals surface area contributed by atoms with E-state index in [1.807, 2.05) is 36.4 Å². The number of hydrogen-bond donors (Lipinski definition) is 2. The summed E-state index contributed by atoms with van der Waals surface area (Å²) in [6, 6.07) is 16.1. The molecule has 1 aliphatic rings. The molecular formula is C18H20N2O. The lowest BCUT2D eigenvalue weighted by molar-refractivity contribution is 0.0935. The van der Waals surface area contributed by atoms with Gasteiger partial charge in [-0.05, 0) is 35.2 Å². The Balaban J connectivity index is 1.76. The Morgan fingerprint density at radius 2 is 1.90 bits per heavy atom. The van der Waals surface area contributed by atoms with Crippen LogP contribution in [0.25, 0.3) is 0 Å². The van der Waals surface area contributed by atoms with Crippen molar-refractivity contribution in [1.29, 1.82) is 0 Å². The second kappa shape index (κ2) is 6.10. The Morgan fingerprint density at radius 1 is 1.14 bits per heavy atom. The van der Waals surface area contributed by atoms with Gasteiger partial charge in [0.25, 0.3) is 5.91 Å². The van der Waals surface area contributed by atoms with Gasteiger partial charge in [0.2, 0.25) is 0 Å². The molecule has 0 bridgehead atoms. The van der Waals surface area contributed by atoms with Crippen molar-refractivity contribution >= 4 is 5.91 Å². The van der Waals surface area contributed by atoms with E-state index in [1.54, 1.807) is 0 Å². The number of benzene rings is 2. The summed E-state index contributed by atoms with van der Waals surface area (Å²) in [5.41, 5.74) is 4.42. The third-order valence-electron chi connectivity index (χ3n) is 4.01. The lowest BCUT2D eigenvalue weighted by Gasteiger charge is -2.17. The Kier molecular flexibility index (Phi) is 4.02. The first-order valence-electron chi connectivity index (χ1n) is 7.46. The van der Waals surface area contributed by atoms with Crippen molar-refractivity contribution < 1.29 is 4.79 Å². The molecule has 3 nitrogen and oxygen atoms in total. The molecule has 1 amide bonds. The molecule has 0 radical (unpaired) electrons. The van der Waals surface area contributed by atoms with E-state index >= 15 is 0 Å². The van der Waals surface area contributed by atoms with Crippen LogP contribution in [0, 0.1) is 0 Å². The number of carbonyl (C=O) groups is 1. The number of carbonyl (C=O) groups excluding carboxylic acids is 1. The smallest absolute Gasteiger partial charge is 0.251 e. The molecule has 0 saturated heterocycles. The van der Waals surface area contributed by atoms with Gasteiger partial charge in [0, 0.05) is 18.7 Å². The zero-order valence-corrected chi connectivity index (χ0v) is 12.2. The maximum Gasteiger partial charge on any atom is 0.251 e. The largest absolute Gasteiger partial charge is 0.345 e. The Bertz CT molecular complexity index is 637. The lowest BCUT2D eigenvalue weighted by Crippen LogP contribution is -2.28. The minimum Gasteiger partial charge on any atom is -0.345 e. The number of nitrogens with one attached hydrogen (secondary N) is 2. The van der Waals surface area contributed by atoms with Crippen LogP contribution in [-0.2, 0) is 13.1 Å². The van der Waals surface area contributed by atoms with E-state index in [9.17, 15) is 4.79 Å². The van der Waals surface area contributed by atoms with Crippen LogP contribution in [0.1, 0.15) is 46.4 Å². The minimum absolute atomic E-state index is 0.000373. The van der Waals surface area contributed by atoms with Crippen molar-refractivity contribution in [1.82, 2.24) is 10.6 Å². The standard InChI is InChI=1S/C18H20N2O/c1-2-17(13-6-4-3-5-7-13)20-18(21)14-8-9-15-11-19-12-16(15)10-14/h3-10,17,19H,2,11-12H2,1H3,(H,20,21). The first kappa shape index (κ1) is 13.8. The summed E-state index contributed by atoms with van der Waals surface area (Å²) in [7, 11) is 0. The third-order valence-corrected chi connectivity index (χ3v) is 4.01. The van der Waals surface area contributed by atoms with Crippen LogP contribution in [0.2, 0.25) is 0 Å². The van der Waals surface area contributed by atoms with Crippen molar-refractivity contribution in [3.63, 3.8) is 0 Å². The predicted molar refractivity (Wildman–Crippen MR) is 83.9 cm³/mol. The highest BCUT2D eigenvalue weighted by atomic mass is 16.1. The zero-order valence-electron chi connectivity index (χ0n) is 12.2. The van der Waals surface area contributed by atoms with E-state index in [1.165, 1.54) is 11.1 Å². The number of rotatable bonds is 4. The summed E-state index contributed by atoms with van der Waals surface area (Å²) in [4.78, 5) is 12.5. The van der Waals surface area contributed by atoms with Crippen molar-refractivity contribution in [2.45, 2.75) is 32.5 Å². The maximum absolute atomic E-state index is 12.5. The van der Waals surface area contributed by atoms with Gasteiger partial charge >= 0.3 is 0 Å². The molecule has 1 atom stereocenters. The van der Waals surface area contributed by atoms with E-state index in [0.717, 1.165) is 30.6 Å². The molecule has 1 aliphatic heterocycles. The zero-order chi connectivity index (χ0) is 14.7. The van der Waals surface area contributed by atoms with Crippen LogP contribution in [0.5, 0.6) is 0 Å². The van der Waals surface area contributed by atoms with Crippen LogP contribution in [0.15, 0.2) is 48.5 Å². The molecule has 1 heterocycles. The van der Waals surface area contributed by atoms with Crippen LogP contribution < -0.4 is 10.6 Å². The van der Waals surface area contributed by atoms with E-state index in [4.69, 9.17) is 0 Å². The molecule has 3 rings (SSSR count). The van der Waals surface area contributed by atoms with Crippen LogP contribution in [-0.4, -0.2) is 5.91 Å². The average molecular weight is 280 g/mol. The molecule has 0 spiro atoms. The Morgan fingerprint density at radius 3 is 2.67 bits per heavy atom. The fourth-order valence-electron chi connectivity index (χ4n) is 2.78. The Labute approximate surface area is 125 Å². The van der Waals surface area contributed by atoms with Crippen LogP contribution in [0.3, 0.4) is 0 Å². The van der Waals surface area contributed by atoms with E-state index in [2.05, 4.69) is 29.7 Å². The SMILES string of the molecule is CCC(NC(=O)c1ccc2c(c1)CNC2)c1ccccc1. The molecule has 2 aromatic rings. The van der Waals surface area contributed by atoms with Gasteiger partial charge in [-0.2, -0.15) is 0 Å². The molecule has 0 fully saturated rings. The molecule has 0 aromatic heterocycles. The fourth-order valence-corrected chi connectivity index (χ4v) is 2.78. The topological polar surface area (TPSA) is 41.1 Å². The fraction of sp³-hybridized carbons (Fsp3) is 0.278. The van der Waals surface area contributed by atoms with E-state index in [0.29, 0.717) is 0 Å². The summed E-state index contributed by atoms with van der Waals surface area (Å²) in [5, 5.41) is 6.43. The lowest BCUT2D eigenvalue weighted by atomic mass is 10.0. The first-order valence-corrected chi connectivity index (χ1v) is 7.46. The van der Waals surface area contributed by atoms with Crippen molar-refractivity contribution in [3.05, 3.63) is 70.8 Å². The molecule has 1 unspecified atom stereocenters. The van der Waals surface area contributed by atoms with E-state index in [-0.39, 0.29) is 11.9 Å². The highest BCUT2D eigenvalue weighted by molar-refractivity contribution is 5.94. The normalized spacial score (nSPS) is 14.5. The van der Waals surface area contributed by atoms with Gasteiger partial charge in [0.1, 0.15) is 0 Å². The predicted octanol–water partition coefficient (Wildman–Crippen LogP) is 3.17. The molecule has 21 heavy (non-hydrogen) atoms. The number of hydrogen-bond acceptors (Lipinski definition) is 2. The summed E-state index contributed by atoms with van der Waals surface area (Å²) in [6.45, 7) is 3.84. The summed E-state index contributed by atoms with van der Waals surface area (Å²) in [5.74, 6) is 0.000373. The number of amides is 1. The highest BCUT2D eigenvalue weighted by Crippen LogP contribution is 2.19. The van der Waals surface area contributed by atoms with Crippen LogP contribution >= 0.6 is 0 Å². The molecular weight excluding hydrogens is 260 g/mol. The van der Waals surface area contributed by atoms with Crippen LogP contribution in [0.4, 0.5) is 0 Å². The van der Waals surface area contributed by atoms with Gasteiger partial charge in [-0.25, -0.2) is 0 Å². The third kappa shape index (κ3) is 2.98. The van der Waals surface area contributed by atoms with Gasteiger partial charge < -0.3 is 10.6 Å². The molecule has 2 aromatic carbocycles. The summed E-state index contributed by atoms with van der Waals surface area (Å²) < 4.78 is 0. The molecule has 3 heteroatoms. The quantitative estimate of drug-likeness (QED) is 0.903. The van der Waals surface area contributed by atoms with Crippen molar-refractivity contribution in [3.8, 4) is 0 Å². The van der Waals surface area contributed by atoms with Gasteiger partial charge in [-0.15, -0.1) is 0 Å². The average Bonchev–Trinajstić information content (AvgIpc) is 3.00. The second-order valence-corrected chi connectivity index (χ2v) is 5.43. The number of fused-ring (bicyclic) bond motifs is 1. The Hall–Kier alpha value is -2.13. The highest BCUT2D eigenvalue weighted by Gasteiger charge is 2.16. The summed E-state index contributed by atoms with van der Waals surface area (Å²) >= 11 is 0. The van der Waals surface area contributed by atoms with Gasteiger partial charge in [0.15, 0.2) is 0 Å². The van der Waals surface area contributed by atoms with Crippen molar-refractivity contribution in [2.75, 3.05) is 0 Å².